The number of carbonyl (C=O) groups excluding carboxylic acids is 2. The van der Waals surface area contributed by atoms with Crippen LogP contribution in [0.1, 0.15) is 40.5 Å². The summed E-state index contributed by atoms with van der Waals surface area (Å²) in [6.07, 6.45) is 1.32. The molecule has 3 aliphatic rings. The molecule has 0 spiro atoms. The Labute approximate surface area is 134 Å². The first-order valence-electron chi connectivity index (χ1n) is 7.85. The summed E-state index contributed by atoms with van der Waals surface area (Å²) in [5, 5.41) is 21.6. The van der Waals surface area contributed by atoms with Crippen molar-refractivity contribution in [2.45, 2.75) is 58.5 Å². The Balaban J connectivity index is 2.09. The Morgan fingerprint density at radius 2 is 2.13 bits per heavy atom. The molecule has 0 aromatic rings. The lowest BCUT2D eigenvalue weighted by atomic mass is 9.56. The summed E-state index contributed by atoms with van der Waals surface area (Å²) in [5.74, 6) is -3.00. The molecule has 126 valence electrons. The Bertz CT molecular complexity index is 647. The minimum atomic E-state index is -1.86. The van der Waals surface area contributed by atoms with Crippen molar-refractivity contribution in [3.8, 4) is 0 Å². The van der Waals surface area contributed by atoms with Crippen LogP contribution in [0.5, 0.6) is 0 Å². The predicted octanol–water partition coefficient (Wildman–Crippen LogP) is 1.22. The average molecular weight is 322 g/mol. The maximum absolute atomic E-state index is 11.8. The summed E-state index contributed by atoms with van der Waals surface area (Å²) in [6.45, 7) is 6.71. The molecule has 0 radical (unpaired) electrons. The van der Waals surface area contributed by atoms with Crippen LogP contribution in [-0.4, -0.2) is 40.1 Å². The number of fused-ring (bicyclic) bond motifs is 2. The van der Waals surface area contributed by atoms with Gasteiger partial charge in [-0.25, -0.2) is 4.79 Å². The highest BCUT2D eigenvalue weighted by molar-refractivity contribution is 5.93. The van der Waals surface area contributed by atoms with Crippen LogP contribution in [-0.2, 0) is 19.1 Å². The molecule has 1 aliphatic heterocycles. The zero-order chi connectivity index (χ0) is 17.2. The van der Waals surface area contributed by atoms with E-state index < -0.39 is 23.3 Å². The van der Waals surface area contributed by atoms with Gasteiger partial charge in [0, 0.05) is 29.4 Å². The van der Waals surface area contributed by atoms with E-state index in [2.05, 4.69) is 0 Å². The zero-order valence-electron chi connectivity index (χ0n) is 13.8. The summed E-state index contributed by atoms with van der Waals surface area (Å²) in [6, 6.07) is 0. The third-order valence-corrected chi connectivity index (χ3v) is 5.77. The first-order valence-corrected chi connectivity index (χ1v) is 7.85. The molecule has 0 bridgehead atoms. The van der Waals surface area contributed by atoms with Gasteiger partial charge in [-0.1, -0.05) is 19.4 Å². The molecule has 6 nitrogen and oxygen atoms in total. The molecule has 5 unspecified atom stereocenters. The molecule has 23 heavy (non-hydrogen) atoms. The lowest BCUT2D eigenvalue weighted by Gasteiger charge is -2.52. The minimum absolute atomic E-state index is 0.165. The van der Waals surface area contributed by atoms with Gasteiger partial charge in [-0.3, -0.25) is 4.79 Å². The molecule has 0 amide bonds. The second kappa shape index (κ2) is 4.92. The molecule has 5 atom stereocenters. The molecule has 1 heterocycles. The number of aliphatic hydroxyl groups excluding tert-OH is 1. The van der Waals surface area contributed by atoms with Gasteiger partial charge in [0.25, 0.3) is 5.79 Å². The van der Waals surface area contributed by atoms with Crippen molar-refractivity contribution >= 4 is 11.9 Å². The summed E-state index contributed by atoms with van der Waals surface area (Å²) >= 11 is 0. The summed E-state index contributed by atoms with van der Waals surface area (Å²) < 4.78 is 10.5. The topological polar surface area (TPSA) is 93.1 Å². The zero-order valence-corrected chi connectivity index (χ0v) is 13.8. The van der Waals surface area contributed by atoms with E-state index in [4.69, 9.17) is 9.47 Å². The van der Waals surface area contributed by atoms with Gasteiger partial charge in [0.15, 0.2) is 0 Å². The maximum Gasteiger partial charge on any atom is 0.337 e. The lowest BCUT2D eigenvalue weighted by Crippen LogP contribution is -2.55. The van der Waals surface area contributed by atoms with Crippen molar-refractivity contribution in [3.63, 3.8) is 0 Å². The third-order valence-electron chi connectivity index (χ3n) is 5.77. The van der Waals surface area contributed by atoms with Gasteiger partial charge in [0.2, 0.25) is 0 Å². The van der Waals surface area contributed by atoms with Crippen LogP contribution in [0.4, 0.5) is 0 Å². The summed E-state index contributed by atoms with van der Waals surface area (Å²) in [5.41, 5.74) is 0.534. The van der Waals surface area contributed by atoms with Crippen molar-refractivity contribution in [2.75, 3.05) is 0 Å². The van der Waals surface area contributed by atoms with Crippen LogP contribution in [0, 0.1) is 11.3 Å². The van der Waals surface area contributed by atoms with Crippen LogP contribution in [0.2, 0.25) is 0 Å². The number of hydrogen-bond acceptors (Lipinski definition) is 6. The Kier molecular flexibility index (Phi) is 3.46. The second-order valence-corrected chi connectivity index (χ2v) is 6.95. The first kappa shape index (κ1) is 16.2. The fraction of sp³-hybridized carbons (Fsp3) is 0.647. The summed E-state index contributed by atoms with van der Waals surface area (Å²) in [4.78, 5) is 23.2. The normalized spacial score (nSPS) is 42.6. The molecule has 6 heteroatoms. The Morgan fingerprint density at radius 1 is 1.48 bits per heavy atom. The van der Waals surface area contributed by atoms with Gasteiger partial charge < -0.3 is 19.7 Å². The van der Waals surface area contributed by atoms with E-state index in [1.54, 1.807) is 6.08 Å². The fourth-order valence-corrected chi connectivity index (χ4v) is 4.22. The largest absolute Gasteiger partial charge is 0.462 e. The monoisotopic (exact) mass is 322 g/mol. The Morgan fingerprint density at radius 3 is 2.74 bits per heavy atom. The fourth-order valence-electron chi connectivity index (χ4n) is 4.22. The van der Waals surface area contributed by atoms with Crippen molar-refractivity contribution in [3.05, 3.63) is 22.8 Å². The van der Waals surface area contributed by atoms with Crippen LogP contribution >= 0.6 is 0 Å². The molecule has 2 aliphatic carbocycles. The van der Waals surface area contributed by atoms with Gasteiger partial charge in [-0.05, 0) is 25.8 Å². The van der Waals surface area contributed by atoms with E-state index in [9.17, 15) is 19.8 Å². The van der Waals surface area contributed by atoms with Gasteiger partial charge in [-0.15, -0.1) is 0 Å². The molecule has 0 aromatic heterocycles. The molecular weight excluding hydrogens is 300 g/mol. The smallest absolute Gasteiger partial charge is 0.337 e. The summed E-state index contributed by atoms with van der Waals surface area (Å²) in [7, 11) is 0. The van der Waals surface area contributed by atoms with Crippen molar-refractivity contribution in [1.82, 2.24) is 0 Å². The van der Waals surface area contributed by atoms with Crippen LogP contribution in [0.25, 0.3) is 0 Å². The minimum Gasteiger partial charge on any atom is -0.462 e. The first-order chi connectivity index (χ1) is 10.6. The quantitative estimate of drug-likeness (QED) is 0.557. The van der Waals surface area contributed by atoms with E-state index in [-0.39, 0.29) is 29.1 Å². The number of esters is 2. The van der Waals surface area contributed by atoms with Gasteiger partial charge in [-0.2, -0.15) is 0 Å². The van der Waals surface area contributed by atoms with Gasteiger partial charge in [0.1, 0.15) is 6.10 Å². The molecule has 1 fully saturated rings. The van der Waals surface area contributed by atoms with E-state index in [1.807, 2.05) is 13.8 Å². The van der Waals surface area contributed by atoms with E-state index >= 15 is 0 Å². The third kappa shape index (κ3) is 2.08. The van der Waals surface area contributed by atoms with E-state index in [0.29, 0.717) is 12.8 Å². The van der Waals surface area contributed by atoms with Crippen LogP contribution in [0.3, 0.4) is 0 Å². The molecule has 0 saturated heterocycles. The number of aliphatic hydroxyl groups is 2. The number of rotatable bonds is 1. The standard InChI is InChI=1S/C17H22O6/c1-8-13-14(19)16(4)9(2)12(22-10(3)18)6-5-11(16)7-17(13,21)23-15(8)20/h7,9,12,14,19,21H,5-6H2,1-4H3. The number of ether oxygens (including phenoxy) is 2. The number of hydrogen-bond donors (Lipinski definition) is 2. The number of carbonyl (C=O) groups is 2. The van der Waals surface area contributed by atoms with Crippen molar-refractivity contribution < 1.29 is 29.3 Å². The SMILES string of the molecule is CC(=O)OC1CCC2=CC3(O)OC(=O)C(C)=C3C(O)C2(C)C1C. The molecule has 3 rings (SSSR count). The molecule has 1 saturated carbocycles. The van der Waals surface area contributed by atoms with Gasteiger partial charge in [0.05, 0.1) is 6.10 Å². The van der Waals surface area contributed by atoms with Crippen molar-refractivity contribution in [1.29, 1.82) is 0 Å². The molecular formula is C17H22O6. The molecule has 2 N–H and O–H groups in total. The van der Waals surface area contributed by atoms with E-state index in [0.717, 1.165) is 5.57 Å². The Hall–Kier alpha value is -1.66. The second-order valence-electron chi connectivity index (χ2n) is 6.95. The molecule has 0 aromatic carbocycles. The predicted molar refractivity (Wildman–Crippen MR) is 79.9 cm³/mol. The highest BCUT2D eigenvalue weighted by Crippen LogP contribution is 2.56. The van der Waals surface area contributed by atoms with E-state index in [1.165, 1.54) is 13.8 Å². The maximum atomic E-state index is 11.8. The highest BCUT2D eigenvalue weighted by Gasteiger charge is 2.60. The highest BCUT2D eigenvalue weighted by atomic mass is 16.7. The average Bonchev–Trinajstić information content (AvgIpc) is 2.67. The van der Waals surface area contributed by atoms with Crippen LogP contribution in [0.15, 0.2) is 22.8 Å². The lowest BCUT2D eigenvalue weighted by molar-refractivity contribution is -0.177. The van der Waals surface area contributed by atoms with Crippen molar-refractivity contribution in [2.24, 2.45) is 11.3 Å². The van der Waals surface area contributed by atoms with Gasteiger partial charge >= 0.3 is 11.9 Å². The van der Waals surface area contributed by atoms with Crippen LogP contribution < -0.4 is 0 Å².